The number of nitrogens with zero attached hydrogens (tertiary/aromatic N) is 2. The van der Waals surface area contributed by atoms with Crippen molar-refractivity contribution >= 4 is 55.1 Å². The summed E-state index contributed by atoms with van der Waals surface area (Å²) in [5.41, 5.74) is 13.0. The molecule has 10 rings (SSSR count). The summed E-state index contributed by atoms with van der Waals surface area (Å²) in [4.78, 5) is 1.85. The van der Waals surface area contributed by atoms with Gasteiger partial charge in [-0.1, -0.05) is 146 Å². The molecule has 0 unspecified atom stereocenters. The Morgan fingerprint density at radius 1 is 0.646 bits per heavy atom. The SMILES string of the molecule is C=C(/C(O)=C(/O)C(=CCCO)C1=CC/C=C\CC=C1)N(c1ccc(-c2cccc(-n3c4ccccc4c4cc(C)ccc43)c2)cc1)c1ccc(-c2cccc3c2oc2ccccc23)cc1. The summed E-state index contributed by atoms with van der Waals surface area (Å²) in [6, 6.07) is 54.3. The van der Waals surface area contributed by atoms with E-state index in [0.29, 0.717) is 18.4 Å². The number of benzene rings is 7. The number of aliphatic hydroxyl groups is 3. The number of allylic oxidation sites excluding steroid dienone is 6. The van der Waals surface area contributed by atoms with E-state index in [-0.39, 0.29) is 23.8 Å². The average molecular weight is 849 g/mol. The Bertz CT molecular complexity index is 3430. The summed E-state index contributed by atoms with van der Waals surface area (Å²) in [5.74, 6) is -0.703. The highest BCUT2D eigenvalue weighted by atomic mass is 16.3. The van der Waals surface area contributed by atoms with Gasteiger partial charge in [-0.3, -0.25) is 0 Å². The second-order valence-electron chi connectivity index (χ2n) is 16.4. The van der Waals surface area contributed by atoms with Gasteiger partial charge < -0.3 is 29.2 Å². The van der Waals surface area contributed by atoms with Gasteiger partial charge in [0.15, 0.2) is 11.5 Å². The highest BCUT2D eigenvalue weighted by molar-refractivity contribution is 6.10. The molecule has 318 valence electrons. The smallest absolute Gasteiger partial charge is 0.182 e. The summed E-state index contributed by atoms with van der Waals surface area (Å²) in [7, 11) is 0. The lowest BCUT2D eigenvalue weighted by molar-refractivity contribution is 0.301. The molecular weight excluding hydrogens is 801 g/mol. The predicted molar refractivity (Wildman–Crippen MR) is 269 cm³/mol. The lowest BCUT2D eigenvalue weighted by atomic mass is 9.97. The van der Waals surface area contributed by atoms with Gasteiger partial charge in [0.25, 0.3) is 0 Å². The van der Waals surface area contributed by atoms with Gasteiger partial charge in [-0.2, -0.15) is 0 Å². The van der Waals surface area contributed by atoms with E-state index < -0.39 is 0 Å². The fourth-order valence-corrected chi connectivity index (χ4v) is 9.08. The van der Waals surface area contributed by atoms with Crippen LogP contribution in [0.5, 0.6) is 0 Å². The van der Waals surface area contributed by atoms with E-state index in [4.69, 9.17) is 4.42 Å². The normalized spacial score (nSPS) is 14.1. The molecule has 6 heteroatoms. The number of aryl methyl sites for hydroxylation is 1. The van der Waals surface area contributed by atoms with Crippen molar-refractivity contribution in [1.29, 1.82) is 0 Å². The van der Waals surface area contributed by atoms with Gasteiger partial charge >= 0.3 is 0 Å². The van der Waals surface area contributed by atoms with E-state index in [1.165, 1.54) is 16.3 Å². The van der Waals surface area contributed by atoms with Crippen LogP contribution in [0.2, 0.25) is 0 Å². The molecule has 65 heavy (non-hydrogen) atoms. The minimum Gasteiger partial charge on any atom is -0.504 e. The number of rotatable bonds is 11. The number of aromatic nitrogens is 1. The third-order valence-corrected chi connectivity index (χ3v) is 12.3. The van der Waals surface area contributed by atoms with E-state index in [9.17, 15) is 15.3 Å². The number of hydrogen-bond donors (Lipinski definition) is 3. The molecule has 0 amide bonds. The molecule has 2 heterocycles. The summed E-state index contributed by atoms with van der Waals surface area (Å²) >= 11 is 0. The molecule has 0 saturated heterocycles. The summed E-state index contributed by atoms with van der Waals surface area (Å²) in [6.07, 6.45) is 13.6. The van der Waals surface area contributed by atoms with Crippen LogP contribution >= 0.6 is 0 Å². The van der Waals surface area contributed by atoms with E-state index in [2.05, 4.69) is 127 Å². The van der Waals surface area contributed by atoms with Crippen LogP contribution in [0.4, 0.5) is 11.4 Å². The van der Waals surface area contributed by atoms with Gasteiger partial charge in [-0.05, 0) is 109 Å². The third kappa shape index (κ3) is 7.75. The van der Waals surface area contributed by atoms with Crippen LogP contribution in [0.1, 0.15) is 24.8 Å². The first-order chi connectivity index (χ1) is 31.9. The molecular formula is C59H48N2O4. The Morgan fingerprint density at radius 3 is 2.14 bits per heavy atom. The Labute approximate surface area is 378 Å². The molecule has 6 nitrogen and oxygen atoms in total. The Balaban J connectivity index is 1.05. The van der Waals surface area contributed by atoms with Gasteiger partial charge in [0.05, 0.1) is 16.7 Å². The zero-order valence-corrected chi connectivity index (χ0v) is 36.2. The molecule has 0 fully saturated rings. The maximum atomic E-state index is 12.0. The largest absolute Gasteiger partial charge is 0.504 e. The van der Waals surface area contributed by atoms with Crippen molar-refractivity contribution in [3.8, 4) is 27.9 Å². The Hall–Kier alpha value is -8.06. The van der Waals surface area contributed by atoms with Crippen molar-refractivity contribution in [3.05, 3.63) is 235 Å². The topological polar surface area (TPSA) is 82.0 Å². The van der Waals surface area contributed by atoms with Crippen molar-refractivity contribution in [3.63, 3.8) is 0 Å². The quantitative estimate of drug-likeness (QED) is 0.0686. The monoisotopic (exact) mass is 848 g/mol. The molecule has 0 bridgehead atoms. The van der Waals surface area contributed by atoms with E-state index in [0.717, 1.165) is 84.3 Å². The van der Waals surface area contributed by atoms with Crippen LogP contribution in [-0.2, 0) is 0 Å². The molecule has 0 spiro atoms. The minimum atomic E-state index is -0.379. The van der Waals surface area contributed by atoms with Crippen LogP contribution < -0.4 is 4.90 Å². The summed E-state index contributed by atoms with van der Waals surface area (Å²) in [5, 5.41) is 38.3. The Morgan fingerprint density at radius 2 is 1.34 bits per heavy atom. The molecule has 1 aliphatic rings. The second kappa shape index (κ2) is 17.6. The molecule has 2 aromatic heterocycles. The van der Waals surface area contributed by atoms with Crippen molar-refractivity contribution in [1.82, 2.24) is 4.57 Å². The van der Waals surface area contributed by atoms with Crippen molar-refractivity contribution in [2.24, 2.45) is 0 Å². The lowest BCUT2D eigenvalue weighted by Crippen LogP contribution is -2.18. The maximum absolute atomic E-state index is 12.0. The highest BCUT2D eigenvalue weighted by Crippen LogP contribution is 2.40. The number of aliphatic hydroxyl groups excluding tert-OH is 3. The first-order valence-corrected chi connectivity index (χ1v) is 22.0. The zero-order chi connectivity index (χ0) is 44.4. The lowest BCUT2D eigenvalue weighted by Gasteiger charge is -2.28. The van der Waals surface area contributed by atoms with Crippen molar-refractivity contribution in [2.45, 2.75) is 26.2 Å². The summed E-state index contributed by atoms with van der Waals surface area (Å²) in [6.45, 7) is 6.43. The van der Waals surface area contributed by atoms with Gasteiger partial charge in [0.2, 0.25) is 0 Å². The van der Waals surface area contributed by atoms with Crippen molar-refractivity contribution in [2.75, 3.05) is 11.5 Å². The van der Waals surface area contributed by atoms with Crippen LogP contribution in [0.15, 0.2) is 234 Å². The fourth-order valence-electron chi connectivity index (χ4n) is 9.08. The van der Waals surface area contributed by atoms with E-state index >= 15 is 0 Å². The number of para-hydroxylation sites is 3. The molecule has 3 N–H and O–H groups in total. The van der Waals surface area contributed by atoms with Crippen LogP contribution in [0, 0.1) is 6.92 Å². The molecule has 1 aliphatic carbocycles. The maximum Gasteiger partial charge on any atom is 0.182 e. The molecule has 0 saturated carbocycles. The van der Waals surface area contributed by atoms with Crippen molar-refractivity contribution < 1.29 is 19.7 Å². The molecule has 7 aromatic carbocycles. The molecule has 0 radical (unpaired) electrons. The van der Waals surface area contributed by atoms with Gasteiger partial charge in [-0.15, -0.1) is 0 Å². The zero-order valence-electron chi connectivity index (χ0n) is 36.2. The fraction of sp³-hybridized carbons (Fsp3) is 0.0847. The highest BCUT2D eigenvalue weighted by Gasteiger charge is 2.23. The molecule has 0 atom stereocenters. The standard InChI is InChI=1S/C59H48N2O4/c1-39-26-35-55-53(37-39)50-19-8-10-24-54(50)61(55)47-18-12-17-44(38-47)41-27-31-45(32-28-41)60(40(2)57(63)58(64)48(23-14-36-62)42-15-6-4-3-5-7-16-42)46-33-29-43(30-34-46)49-21-13-22-52-51-20-9-11-25-56(51)65-59(49)52/h3-4,7-13,15-35,37-38,62-64H,2,5-6,14,36H2,1H3/b4-3-,16-7?,42-15?,48-23?,58-57-. The Kier molecular flexibility index (Phi) is 11.1. The molecule has 0 aliphatic heterocycles. The average Bonchev–Trinajstić information content (AvgIpc) is 3.88. The van der Waals surface area contributed by atoms with Crippen LogP contribution in [0.3, 0.4) is 0 Å². The molecule has 9 aromatic rings. The number of hydrogen-bond acceptors (Lipinski definition) is 5. The van der Waals surface area contributed by atoms with E-state index in [1.807, 2.05) is 83.8 Å². The minimum absolute atomic E-state index is 0.108. The first-order valence-electron chi connectivity index (χ1n) is 22.0. The van der Waals surface area contributed by atoms with Crippen LogP contribution in [0.25, 0.3) is 71.7 Å². The summed E-state index contributed by atoms with van der Waals surface area (Å²) < 4.78 is 8.72. The van der Waals surface area contributed by atoms with Gasteiger partial charge in [-0.25, -0.2) is 0 Å². The third-order valence-electron chi connectivity index (χ3n) is 12.3. The predicted octanol–water partition coefficient (Wildman–Crippen LogP) is 15.4. The second-order valence-corrected chi connectivity index (χ2v) is 16.4. The number of anilines is 2. The van der Waals surface area contributed by atoms with Gasteiger partial charge in [0, 0.05) is 56.4 Å². The number of fused-ring (bicyclic) bond motifs is 6. The van der Waals surface area contributed by atoms with Crippen LogP contribution in [-0.4, -0.2) is 26.5 Å². The van der Waals surface area contributed by atoms with Gasteiger partial charge in [0.1, 0.15) is 11.2 Å². The number of furan rings is 1. The first kappa shape index (κ1) is 41.0. The van der Waals surface area contributed by atoms with E-state index in [1.54, 1.807) is 6.08 Å².